The van der Waals surface area contributed by atoms with Crippen molar-refractivity contribution in [2.24, 2.45) is 0 Å². The molecule has 0 saturated carbocycles. The predicted molar refractivity (Wildman–Crippen MR) is 60.7 cm³/mol. The van der Waals surface area contributed by atoms with E-state index in [0.717, 1.165) is 6.54 Å². The predicted octanol–water partition coefficient (Wildman–Crippen LogP) is 2.20. The highest BCUT2D eigenvalue weighted by molar-refractivity contribution is 5.48. The van der Waals surface area contributed by atoms with Crippen molar-refractivity contribution in [2.45, 2.75) is 26.9 Å². The summed E-state index contributed by atoms with van der Waals surface area (Å²) >= 11 is 0. The molecule has 2 heteroatoms. The molecule has 0 heterocycles. The highest BCUT2D eigenvalue weighted by Crippen LogP contribution is 2.15. The van der Waals surface area contributed by atoms with Gasteiger partial charge in [0.2, 0.25) is 0 Å². The van der Waals surface area contributed by atoms with Crippen molar-refractivity contribution >= 4 is 5.69 Å². The van der Waals surface area contributed by atoms with Gasteiger partial charge in [-0.1, -0.05) is 12.1 Å². The Morgan fingerprint density at radius 3 is 2.64 bits per heavy atom. The normalized spacial score (nSPS) is 12.6. The molecule has 0 aromatic heterocycles. The maximum atomic E-state index is 9.34. The second-order valence-electron chi connectivity index (χ2n) is 3.73. The van der Waals surface area contributed by atoms with E-state index in [1.165, 1.54) is 11.3 Å². The fraction of sp³-hybridized carbons (Fsp3) is 0.500. The summed E-state index contributed by atoms with van der Waals surface area (Å²) in [5, 5.41) is 9.34. The second-order valence-corrected chi connectivity index (χ2v) is 3.73. The second kappa shape index (κ2) is 5.01. The molecule has 2 nitrogen and oxygen atoms in total. The van der Waals surface area contributed by atoms with Crippen LogP contribution in [0.5, 0.6) is 0 Å². The molecule has 1 atom stereocenters. The van der Waals surface area contributed by atoms with Crippen LogP contribution in [0.25, 0.3) is 0 Å². The Morgan fingerprint density at radius 2 is 2.14 bits per heavy atom. The number of anilines is 1. The lowest BCUT2D eigenvalue weighted by Crippen LogP contribution is -2.30. The monoisotopic (exact) mass is 193 g/mol. The number of hydrogen-bond acceptors (Lipinski definition) is 2. The third-order valence-corrected chi connectivity index (χ3v) is 2.23. The van der Waals surface area contributed by atoms with E-state index in [2.05, 4.69) is 43.0 Å². The maximum absolute atomic E-state index is 9.34. The van der Waals surface area contributed by atoms with Crippen LogP contribution in [-0.2, 0) is 0 Å². The Labute approximate surface area is 86.2 Å². The first kappa shape index (κ1) is 11.1. The summed E-state index contributed by atoms with van der Waals surface area (Å²) in [5.74, 6) is 0. The van der Waals surface area contributed by atoms with Crippen molar-refractivity contribution < 1.29 is 5.11 Å². The average Bonchev–Trinajstić information content (AvgIpc) is 2.14. The summed E-state index contributed by atoms with van der Waals surface area (Å²) in [7, 11) is 0. The fourth-order valence-electron chi connectivity index (χ4n) is 1.56. The largest absolute Gasteiger partial charge is 0.392 e. The minimum atomic E-state index is -0.282. The topological polar surface area (TPSA) is 23.5 Å². The Bertz CT molecular complexity index is 283. The van der Waals surface area contributed by atoms with Crippen LogP contribution in [0.15, 0.2) is 24.3 Å². The standard InChI is InChI=1S/C12H19NO/c1-4-13(9-11(3)14)12-7-5-6-10(2)8-12/h5-8,11,14H,4,9H2,1-3H3/t11-/m0/s1. The van der Waals surface area contributed by atoms with Crippen LogP contribution in [-0.4, -0.2) is 24.3 Å². The van der Waals surface area contributed by atoms with Gasteiger partial charge in [-0.05, 0) is 38.5 Å². The van der Waals surface area contributed by atoms with Crippen molar-refractivity contribution in [3.8, 4) is 0 Å². The number of aryl methyl sites for hydroxylation is 1. The van der Waals surface area contributed by atoms with Gasteiger partial charge in [0.25, 0.3) is 0 Å². The molecule has 0 aliphatic carbocycles. The number of likely N-dealkylation sites (N-methyl/N-ethyl adjacent to an activating group) is 1. The molecule has 1 aromatic rings. The zero-order valence-corrected chi connectivity index (χ0v) is 9.20. The number of rotatable bonds is 4. The smallest absolute Gasteiger partial charge is 0.0687 e. The highest BCUT2D eigenvalue weighted by atomic mass is 16.3. The molecule has 0 fully saturated rings. The summed E-state index contributed by atoms with van der Waals surface area (Å²) in [6.45, 7) is 7.62. The summed E-state index contributed by atoms with van der Waals surface area (Å²) in [6.07, 6.45) is -0.282. The van der Waals surface area contributed by atoms with E-state index in [-0.39, 0.29) is 6.10 Å². The quantitative estimate of drug-likeness (QED) is 0.792. The van der Waals surface area contributed by atoms with Crippen LogP contribution in [0.4, 0.5) is 5.69 Å². The van der Waals surface area contributed by atoms with Gasteiger partial charge in [-0.2, -0.15) is 0 Å². The molecule has 0 radical (unpaired) electrons. The van der Waals surface area contributed by atoms with Crippen LogP contribution < -0.4 is 4.90 Å². The molecular formula is C12H19NO. The molecule has 0 aliphatic heterocycles. The van der Waals surface area contributed by atoms with Crippen molar-refractivity contribution in [2.75, 3.05) is 18.0 Å². The van der Waals surface area contributed by atoms with E-state index in [1.807, 2.05) is 6.92 Å². The lowest BCUT2D eigenvalue weighted by Gasteiger charge is -2.24. The van der Waals surface area contributed by atoms with Crippen molar-refractivity contribution in [3.63, 3.8) is 0 Å². The molecular weight excluding hydrogens is 174 g/mol. The number of benzene rings is 1. The van der Waals surface area contributed by atoms with E-state index in [0.29, 0.717) is 6.54 Å². The van der Waals surface area contributed by atoms with Gasteiger partial charge in [0.1, 0.15) is 0 Å². The molecule has 1 aromatic carbocycles. The van der Waals surface area contributed by atoms with Crippen molar-refractivity contribution in [1.82, 2.24) is 0 Å². The van der Waals surface area contributed by atoms with Gasteiger partial charge in [0.05, 0.1) is 6.10 Å². The molecule has 1 rings (SSSR count). The Morgan fingerprint density at radius 1 is 1.43 bits per heavy atom. The average molecular weight is 193 g/mol. The molecule has 0 bridgehead atoms. The summed E-state index contributed by atoms with van der Waals surface area (Å²) in [6, 6.07) is 8.36. The highest BCUT2D eigenvalue weighted by Gasteiger charge is 2.06. The van der Waals surface area contributed by atoms with Crippen LogP contribution in [0.2, 0.25) is 0 Å². The van der Waals surface area contributed by atoms with Gasteiger partial charge in [-0.25, -0.2) is 0 Å². The summed E-state index contributed by atoms with van der Waals surface area (Å²) < 4.78 is 0. The van der Waals surface area contributed by atoms with Gasteiger partial charge in [0, 0.05) is 18.8 Å². The molecule has 0 unspecified atom stereocenters. The molecule has 0 saturated heterocycles. The Kier molecular flexibility index (Phi) is 3.96. The third kappa shape index (κ3) is 3.04. The van der Waals surface area contributed by atoms with Gasteiger partial charge in [0.15, 0.2) is 0 Å². The minimum Gasteiger partial charge on any atom is -0.392 e. The first-order valence-electron chi connectivity index (χ1n) is 5.13. The van der Waals surface area contributed by atoms with Gasteiger partial charge in [-0.15, -0.1) is 0 Å². The van der Waals surface area contributed by atoms with E-state index >= 15 is 0 Å². The van der Waals surface area contributed by atoms with Gasteiger partial charge >= 0.3 is 0 Å². The Balaban J connectivity index is 2.78. The first-order valence-corrected chi connectivity index (χ1v) is 5.13. The van der Waals surface area contributed by atoms with Gasteiger partial charge in [-0.3, -0.25) is 0 Å². The molecule has 78 valence electrons. The summed E-state index contributed by atoms with van der Waals surface area (Å²) in [4.78, 5) is 2.18. The summed E-state index contributed by atoms with van der Waals surface area (Å²) in [5.41, 5.74) is 2.44. The zero-order chi connectivity index (χ0) is 10.6. The third-order valence-electron chi connectivity index (χ3n) is 2.23. The van der Waals surface area contributed by atoms with E-state index in [9.17, 15) is 5.11 Å². The lowest BCUT2D eigenvalue weighted by atomic mass is 10.2. The SMILES string of the molecule is CCN(C[C@H](C)O)c1cccc(C)c1. The van der Waals surface area contributed by atoms with Crippen LogP contribution in [0.3, 0.4) is 0 Å². The lowest BCUT2D eigenvalue weighted by molar-refractivity contribution is 0.200. The van der Waals surface area contributed by atoms with Crippen LogP contribution in [0.1, 0.15) is 19.4 Å². The van der Waals surface area contributed by atoms with E-state index in [4.69, 9.17) is 0 Å². The maximum Gasteiger partial charge on any atom is 0.0687 e. The number of aliphatic hydroxyl groups excluding tert-OH is 1. The van der Waals surface area contributed by atoms with Gasteiger partial charge < -0.3 is 10.0 Å². The van der Waals surface area contributed by atoms with Crippen molar-refractivity contribution in [3.05, 3.63) is 29.8 Å². The van der Waals surface area contributed by atoms with Crippen LogP contribution >= 0.6 is 0 Å². The Hall–Kier alpha value is -1.02. The number of hydrogen-bond donors (Lipinski definition) is 1. The molecule has 0 aliphatic rings. The van der Waals surface area contributed by atoms with E-state index < -0.39 is 0 Å². The number of nitrogens with zero attached hydrogens (tertiary/aromatic N) is 1. The van der Waals surface area contributed by atoms with Crippen molar-refractivity contribution in [1.29, 1.82) is 0 Å². The van der Waals surface area contributed by atoms with Crippen LogP contribution in [0, 0.1) is 6.92 Å². The molecule has 14 heavy (non-hydrogen) atoms. The van der Waals surface area contributed by atoms with E-state index in [1.54, 1.807) is 0 Å². The fourth-order valence-corrected chi connectivity index (χ4v) is 1.56. The molecule has 1 N–H and O–H groups in total. The molecule has 0 amide bonds. The molecule has 0 spiro atoms. The first-order chi connectivity index (χ1) is 6.63. The minimum absolute atomic E-state index is 0.282. The number of aliphatic hydroxyl groups is 1. The zero-order valence-electron chi connectivity index (χ0n) is 9.20.